The molecule has 6 aromatic rings. The fourth-order valence-corrected chi connectivity index (χ4v) is 12.0. The normalized spacial score (nSPS) is 19.3. The highest BCUT2D eigenvalue weighted by atomic mass is 35.5. The van der Waals surface area contributed by atoms with Gasteiger partial charge in [-0.15, -0.1) is 0 Å². The second kappa shape index (κ2) is 16.2. The van der Waals surface area contributed by atoms with E-state index in [1.807, 2.05) is 0 Å². The van der Waals surface area contributed by atoms with E-state index in [2.05, 4.69) is 228 Å². The van der Waals surface area contributed by atoms with Gasteiger partial charge in [0.1, 0.15) is 0 Å². The fraction of sp³-hybridized carbons (Fsp3) is 0.429. The number of hydrogen-bond acceptors (Lipinski definition) is 2. The first-order valence-electron chi connectivity index (χ1n) is 24.9. The van der Waals surface area contributed by atoms with Crippen molar-refractivity contribution >= 4 is 45.7 Å². The van der Waals surface area contributed by atoms with Gasteiger partial charge >= 0.3 is 0 Å². The largest absolute Gasteiger partial charge is 0.310 e. The Labute approximate surface area is 403 Å². The quantitative estimate of drug-likeness (QED) is 0.150. The molecular weight excluding hydrogens is 820 g/mol. The topological polar surface area (TPSA) is 6.48 Å². The van der Waals surface area contributed by atoms with Crippen LogP contribution in [0.3, 0.4) is 0 Å². The van der Waals surface area contributed by atoms with E-state index in [4.69, 9.17) is 11.6 Å². The van der Waals surface area contributed by atoms with Crippen molar-refractivity contribution in [1.29, 1.82) is 0 Å². The maximum atomic E-state index is 7.55. The zero-order chi connectivity index (χ0) is 47.4. The lowest BCUT2D eigenvalue weighted by Crippen LogP contribution is -2.34. The Kier molecular flexibility index (Phi) is 11.4. The summed E-state index contributed by atoms with van der Waals surface area (Å²) in [4.78, 5) is 5.00. The molecule has 0 amide bonds. The molecule has 0 atom stereocenters. The summed E-state index contributed by atoms with van der Waals surface area (Å²) in [7, 11) is 0. The summed E-state index contributed by atoms with van der Waals surface area (Å²) in [5, 5.41) is 0.704. The Hall–Kier alpha value is -4.79. The third-order valence-electron chi connectivity index (χ3n) is 16.7. The summed E-state index contributed by atoms with van der Waals surface area (Å²) in [5.74, 6) is 0.382. The lowest BCUT2D eigenvalue weighted by molar-refractivity contribution is 0.332. The van der Waals surface area contributed by atoms with E-state index in [-0.39, 0.29) is 32.5 Å². The first-order chi connectivity index (χ1) is 30.9. The molecule has 344 valence electrons. The van der Waals surface area contributed by atoms with Gasteiger partial charge < -0.3 is 9.80 Å². The number of nitrogens with zero attached hydrogens (tertiary/aromatic N) is 2. The minimum Gasteiger partial charge on any atom is -0.310 e. The van der Waals surface area contributed by atoms with Crippen molar-refractivity contribution in [2.75, 3.05) is 9.80 Å². The van der Waals surface area contributed by atoms with Gasteiger partial charge in [0.25, 0.3) is 0 Å². The summed E-state index contributed by atoms with van der Waals surface area (Å²) in [6.07, 6.45) is 6.99. The summed E-state index contributed by atoms with van der Waals surface area (Å²) < 4.78 is 0. The van der Waals surface area contributed by atoms with Crippen LogP contribution in [0.15, 0.2) is 121 Å². The van der Waals surface area contributed by atoms with Crippen LogP contribution in [0.5, 0.6) is 0 Å². The highest BCUT2D eigenvalue weighted by Gasteiger charge is 2.41. The van der Waals surface area contributed by atoms with Gasteiger partial charge in [-0.3, -0.25) is 0 Å². The van der Waals surface area contributed by atoms with Crippen LogP contribution in [0.4, 0.5) is 34.1 Å². The number of hydrogen-bond donors (Lipinski definition) is 0. The Balaban J connectivity index is 1.32. The minimum absolute atomic E-state index is 0.0379. The van der Waals surface area contributed by atoms with E-state index in [9.17, 15) is 0 Å². The molecule has 0 heterocycles. The molecule has 0 N–H and O–H groups in total. The van der Waals surface area contributed by atoms with Gasteiger partial charge in [0.05, 0.1) is 5.69 Å². The third kappa shape index (κ3) is 8.22. The fourth-order valence-electron chi connectivity index (χ4n) is 11.8. The van der Waals surface area contributed by atoms with Gasteiger partial charge in [-0.2, -0.15) is 0 Å². The molecule has 0 aliphatic heterocycles. The molecule has 3 aliphatic carbocycles. The van der Waals surface area contributed by atoms with Crippen molar-refractivity contribution in [3.8, 4) is 11.1 Å². The zero-order valence-corrected chi connectivity index (χ0v) is 43.4. The molecule has 0 bridgehead atoms. The standard InChI is InChI=1S/C63H75ClN2/c1-41(2)43-20-27-57(50(34-43)42-18-16-15-17-19-42)66(47-23-26-53-56(40-47)63(13,14)33-30-60(53,7)8)49-36-44(64)35-48(37-49)65(45-21-24-51-54(38-45)61(9,10)31-28-58(51,3)4)46-22-25-52-55(39-46)62(11,12)32-29-59(52,5)6/h15-27,34-41H,28-33H2,1-14H3. The maximum absolute atomic E-state index is 7.55. The Bertz CT molecular complexity index is 2740. The van der Waals surface area contributed by atoms with Gasteiger partial charge in [0.2, 0.25) is 0 Å². The Morgan fingerprint density at radius 2 is 0.758 bits per heavy atom. The summed E-state index contributed by atoms with van der Waals surface area (Å²) in [5.41, 5.74) is 19.6. The van der Waals surface area contributed by atoms with Crippen LogP contribution in [-0.4, -0.2) is 0 Å². The van der Waals surface area contributed by atoms with Crippen LogP contribution in [0.1, 0.15) is 180 Å². The Morgan fingerprint density at radius 1 is 0.379 bits per heavy atom. The molecule has 3 aliphatic rings. The smallest absolute Gasteiger partial charge is 0.0540 e. The van der Waals surface area contributed by atoms with Gasteiger partial charge in [-0.25, -0.2) is 0 Å². The number of halogens is 1. The molecule has 6 aromatic carbocycles. The van der Waals surface area contributed by atoms with Crippen molar-refractivity contribution in [2.24, 2.45) is 0 Å². The zero-order valence-electron chi connectivity index (χ0n) is 42.6. The van der Waals surface area contributed by atoms with Gasteiger partial charge in [-0.1, -0.05) is 163 Å². The van der Waals surface area contributed by atoms with Gasteiger partial charge in [0.15, 0.2) is 0 Å². The molecule has 0 saturated heterocycles. The second-order valence-corrected chi connectivity index (χ2v) is 25.1. The highest BCUT2D eigenvalue weighted by molar-refractivity contribution is 6.31. The van der Waals surface area contributed by atoms with Crippen LogP contribution >= 0.6 is 11.6 Å². The maximum Gasteiger partial charge on any atom is 0.0540 e. The first kappa shape index (κ1) is 46.3. The van der Waals surface area contributed by atoms with E-state index in [0.29, 0.717) is 10.9 Å². The highest BCUT2D eigenvalue weighted by Crippen LogP contribution is 2.53. The predicted octanol–water partition coefficient (Wildman–Crippen LogP) is 19.1. The molecule has 3 heteroatoms. The molecule has 0 fully saturated rings. The van der Waals surface area contributed by atoms with Crippen molar-refractivity contribution in [2.45, 2.75) is 174 Å². The van der Waals surface area contributed by atoms with Crippen LogP contribution in [0.25, 0.3) is 11.1 Å². The first-order valence-corrected chi connectivity index (χ1v) is 25.3. The average Bonchev–Trinajstić information content (AvgIpc) is 3.26. The van der Waals surface area contributed by atoms with Crippen molar-refractivity contribution in [3.63, 3.8) is 0 Å². The van der Waals surface area contributed by atoms with Gasteiger partial charge in [-0.05, 0) is 188 Å². The Morgan fingerprint density at radius 3 is 1.17 bits per heavy atom. The summed E-state index contributed by atoms with van der Waals surface area (Å²) in [6.45, 7) is 33.7. The van der Waals surface area contributed by atoms with Crippen LogP contribution in [-0.2, 0) is 32.5 Å². The molecular formula is C63H75ClN2. The number of fused-ring (bicyclic) bond motifs is 3. The van der Waals surface area contributed by atoms with Crippen molar-refractivity contribution < 1.29 is 0 Å². The number of anilines is 6. The third-order valence-corrected chi connectivity index (χ3v) is 16.9. The van der Waals surface area contributed by atoms with Gasteiger partial charge in [0, 0.05) is 39.0 Å². The second-order valence-electron chi connectivity index (χ2n) is 24.6. The predicted molar refractivity (Wildman–Crippen MR) is 286 cm³/mol. The van der Waals surface area contributed by atoms with E-state index < -0.39 is 0 Å². The van der Waals surface area contributed by atoms with Crippen LogP contribution in [0, 0.1) is 0 Å². The van der Waals surface area contributed by atoms with E-state index >= 15 is 0 Å². The van der Waals surface area contributed by atoms with Crippen LogP contribution in [0.2, 0.25) is 5.02 Å². The summed E-state index contributed by atoms with van der Waals surface area (Å²) in [6, 6.07) is 46.7. The molecule has 9 rings (SSSR count). The van der Waals surface area contributed by atoms with Crippen LogP contribution < -0.4 is 9.80 Å². The van der Waals surface area contributed by atoms with E-state index in [0.717, 1.165) is 53.4 Å². The number of benzene rings is 6. The number of rotatable bonds is 8. The molecule has 2 nitrogen and oxygen atoms in total. The lowest BCUT2D eigenvalue weighted by Gasteiger charge is -2.43. The molecule has 0 spiro atoms. The van der Waals surface area contributed by atoms with Crippen molar-refractivity contribution in [1.82, 2.24) is 0 Å². The SMILES string of the molecule is CC(C)c1ccc(N(c2cc(Cl)cc(N(c3ccc4c(c3)C(C)(C)CCC4(C)C)c3ccc4c(c3)C(C)(C)CCC4(C)C)c2)c2ccc3c(c2)C(C)(C)CCC3(C)C)c(-c2ccccc2)c1. The van der Waals surface area contributed by atoms with E-state index in [1.54, 1.807) is 0 Å². The molecule has 0 radical (unpaired) electrons. The monoisotopic (exact) mass is 895 g/mol. The minimum atomic E-state index is 0.0379. The molecule has 0 saturated carbocycles. The van der Waals surface area contributed by atoms with E-state index in [1.165, 1.54) is 69.3 Å². The molecule has 0 unspecified atom stereocenters. The lowest BCUT2D eigenvalue weighted by atomic mass is 9.63. The average molecular weight is 896 g/mol. The summed E-state index contributed by atoms with van der Waals surface area (Å²) >= 11 is 7.55. The van der Waals surface area contributed by atoms with Crippen molar-refractivity contribution in [3.05, 3.63) is 165 Å². The molecule has 66 heavy (non-hydrogen) atoms. The molecule has 0 aromatic heterocycles.